The number of nitrogens with zero attached hydrogens (tertiary/aromatic N) is 2. The highest BCUT2D eigenvalue weighted by molar-refractivity contribution is 7.90. The van der Waals surface area contributed by atoms with Crippen LogP contribution in [-0.2, 0) is 19.6 Å². The minimum Gasteiger partial charge on any atom is -0.372 e. The van der Waals surface area contributed by atoms with Crippen LogP contribution in [-0.4, -0.2) is 61.8 Å². The van der Waals surface area contributed by atoms with E-state index in [1.807, 2.05) is 24.3 Å². The van der Waals surface area contributed by atoms with E-state index in [0.29, 0.717) is 19.5 Å². The number of nitrogens with one attached hydrogen (secondary N) is 1. The van der Waals surface area contributed by atoms with Gasteiger partial charge in [-0.3, -0.25) is 4.79 Å². The van der Waals surface area contributed by atoms with Crippen molar-refractivity contribution in [3.8, 4) is 0 Å². The number of sulfonamides is 1. The topological polar surface area (TPSA) is 79.0 Å². The average Bonchev–Trinajstić information content (AvgIpc) is 2.67. The Balaban J connectivity index is 1.48. The van der Waals surface area contributed by atoms with Crippen LogP contribution in [0.2, 0.25) is 0 Å². The van der Waals surface area contributed by atoms with Gasteiger partial charge in [0.25, 0.3) is 0 Å². The summed E-state index contributed by atoms with van der Waals surface area (Å²) in [7, 11) is -3.30. The standard InChI is InChI=1S/C23H37N3O4S/c1-17-15-25(16-18(2)30-17)21-8-6-20(7-9-21)24-22(27)14-19-10-12-26(13-11-19)31(28,29)23(3,4)5/h6-9,17-19H,10-16H2,1-5H3,(H,24,27). The van der Waals surface area contributed by atoms with E-state index in [1.165, 1.54) is 0 Å². The fraction of sp³-hybridized carbons (Fsp3) is 0.696. The second-order valence-corrected chi connectivity index (χ2v) is 12.6. The molecule has 2 atom stereocenters. The number of morpholine rings is 1. The molecule has 2 saturated heterocycles. The molecule has 1 amide bonds. The van der Waals surface area contributed by atoms with Crippen LogP contribution in [0.1, 0.15) is 53.9 Å². The summed E-state index contributed by atoms with van der Waals surface area (Å²) < 4.78 is 31.8. The summed E-state index contributed by atoms with van der Waals surface area (Å²) in [6.45, 7) is 12.1. The smallest absolute Gasteiger partial charge is 0.224 e. The van der Waals surface area contributed by atoms with Crippen molar-refractivity contribution >= 4 is 27.3 Å². The van der Waals surface area contributed by atoms with E-state index in [1.54, 1.807) is 25.1 Å². The Morgan fingerprint density at radius 2 is 1.61 bits per heavy atom. The van der Waals surface area contributed by atoms with Gasteiger partial charge in [-0.2, -0.15) is 0 Å². The molecule has 2 aliphatic rings. The lowest BCUT2D eigenvalue weighted by molar-refractivity contribution is -0.117. The molecule has 8 heteroatoms. The molecule has 0 aliphatic carbocycles. The van der Waals surface area contributed by atoms with Gasteiger partial charge in [0.1, 0.15) is 0 Å². The zero-order valence-corrected chi connectivity index (χ0v) is 20.2. The van der Waals surface area contributed by atoms with E-state index < -0.39 is 14.8 Å². The van der Waals surface area contributed by atoms with E-state index in [0.717, 1.165) is 37.3 Å². The van der Waals surface area contributed by atoms with E-state index in [9.17, 15) is 13.2 Å². The van der Waals surface area contributed by atoms with E-state index >= 15 is 0 Å². The molecular formula is C23H37N3O4S. The van der Waals surface area contributed by atoms with Crippen LogP contribution in [0, 0.1) is 5.92 Å². The molecule has 0 spiro atoms. The lowest BCUT2D eigenvalue weighted by Gasteiger charge is -2.37. The lowest BCUT2D eigenvalue weighted by atomic mass is 9.94. The minimum absolute atomic E-state index is 0.0153. The molecule has 174 valence electrons. The number of ether oxygens (including phenoxy) is 1. The largest absolute Gasteiger partial charge is 0.372 e. The van der Waals surface area contributed by atoms with Gasteiger partial charge in [0.05, 0.1) is 17.0 Å². The van der Waals surface area contributed by atoms with Crippen molar-refractivity contribution < 1.29 is 17.9 Å². The Morgan fingerprint density at radius 3 is 2.13 bits per heavy atom. The van der Waals surface area contributed by atoms with Gasteiger partial charge in [0, 0.05) is 44.0 Å². The van der Waals surface area contributed by atoms with Crippen molar-refractivity contribution in [3.05, 3.63) is 24.3 Å². The molecular weight excluding hydrogens is 414 g/mol. The van der Waals surface area contributed by atoms with Crippen molar-refractivity contribution in [2.24, 2.45) is 5.92 Å². The number of hydrogen-bond acceptors (Lipinski definition) is 5. The second kappa shape index (κ2) is 9.46. The number of carbonyl (C=O) groups is 1. The van der Waals surface area contributed by atoms with Gasteiger partial charge in [0.15, 0.2) is 0 Å². The number of anilines is 2. The van der Waals surface area contributed by atoms with Crippen LogP contribution in [0.25, 0.3) is 0 Å². The molecule has 1 aromatic carbocycles. The Morgan fingerprint density at radius 1 is 1.06 bits per heavy atom. The highest BCUT2D eigenvalue weighted by Gasteiger charge is 2.37. The summed E-state index contributed by atoms with van der Waals surface area (Å²) in [5, 5.41) is 2.99. The van der Waals surface area contributed by atoms with Crippen LogP contribution in [0.15, 0.2) is 24.3 Å². The van der Waals surface area contributed by atoms with E-state index in [4.69, 9.17) is 4.74 Å². The molecule has 3 rings (SSSR count). The summed E-state index contributed by atoms with van der Waals surface area (Å²) in [6.07, 6.45) is 2.26. The number of hydrogen-bond donors (Lipinski definition) is 1. The third-order valence-electron chi connectivity index (χ3n) is 6.10. The fourth-order valence-electron chi connectivity index (χ4n) is 4.36. The Bertz CT molecular complexity index is 846. The predicted molar refractivity (Wildman–Crippen MR) is 125 cm³/mol. The van der Waals surface area contributed by atoms with Gasteiger partial charge in [-0.25, -0.2) is 12.7 Å². The van der Waals surface area contributed by atoms with E-state index in [2.05, 4.69) is 24.1 Å². The normalized spacial score (nSPS) is 24.2. The SMILES string of the molecule is CC1CN(c2ccc(NC(=O)CC3CCN(S(=O)(=O)C(C)(C)C)CC3)cc2)CC(C)O1. The average molecular weight is 452 g/mol. The first-order valence-corrected chi connectivity index (χ1v) is 12.7. The predicted octanol–water partition coefficient (Wildman–Crippen LogP) is 3.47. The molecule has 0 bridgehead atoms. The Hall–Kier alpha value is -1.64. The molecule has 0 radical (unpaired) electrons. The molecule has 0 saturated carbocycles. The van der Waals surface area contributed by atoms with Crippen molar-refractivity contribution in [1.29, 1.82) is 0 Å². The summed E-state index contributed by atoms with van der Waals surface area (Å²) >= 11 is 0. The first-order chi connectivity index (χ1) is 14.5. The van der Waals surface area contributed by atoms with Crippen molar-refractivity contribution in [3.63, 3.8) is 0 Å². The highest BCUT2D eigenvalue weighted by Crippen LogP contribution is 2.28. The minimum atomic E-state index is -3.30. The van der Waals surface area contributed by atoms with Crippen LogP contribution < -0.4 is 10.2 Å². The van der Waals surface area contributed by atoms with Crippen LogP contribution in [0.3, 0.4) is 0 Å². The van der Waals surface area contributed by atoms with Crippen LogP contribution >= 0.6 is 0 Å². The molecule has 1 N–H and O–H groups in total. The molecule has 2 fully saturated rings. The lowest BCUT2D eigenvalue weighted by Crippen LogP contribution is -2.46. The van der Waals surface area contributed by atoms with Crippen molar-refractivity contribution in [2.45, 2.75) is 70.8 Å². The molecule has 31 heavy (non-hydrogen) atoms. The monoisotopic (exact) mass is 451 g/mol. The molecule has 0 aromatic heterocycles. The Kier molecular flexibility index (Phi) is 7.33. The second-order valence-electron chi connectivity index (χ2n) is 9.92. The quantitative estimate of drug-likeness (QED) is 0.742. The third kappa shape index (κ3) is 5.99. The maximum Gasteiger partial charge on any atom is 0.224 e. The van der Waals surface area contributed by atoms with Gasteiger partial charge in [-0.15, -0.1) is 0 Å². The molecule has 2 heterocycles. The summed E-state index contributed by atoms with van der Waals surface area (Å²) in [6, 6.07) is 7.96. The van der Waals surface area contributed by atoms with Gasteiger partial charge < -0.3 is 15.0 Å². The van der Waals surface area contributed by atoms with Gasteiger partial charge in [0.2, 0.25) is 15.9 Å². The third-order valence-corrected chi connectivity index (χ3v) is 8.69. The van der Waals surface area contributed by atoms with Crippen LogP contribution in [0.5, 0.6) is 0 Å². The van der Waals surface area contributed by atoms with Crippen LogP contribution in [0.4, 0.5) is 11.4 Å². The summed E-state index contributed by atoms with van der Waals surface area (Å²) in [5.74, 6) is 0.195. The van der Waals surface area contributed by atoms with Gasteiger partial charge in [-0.05, 0) is 77.6 Å². The zero-order valence-electron chi connectivity index (χ0n) is 19.4. The summed E-state index contributed by atoms with van der Waals surface area (Å²) in [5.41, 5.74) is 1.92. The number of carbonyl (C=O) groups excluding carboxylic acids is 1. The van der Waals surface area contributed by atoms with Gasteiger partial charge >= 0.3 is 0 Å². The zero-order chi connectivity index (χ0) is 22.8. The molecule has 1 aromatic rings. The van der Waals surface area contributed by atoms with Gasteiger partial charge in [-0.1, -0.05) is 0 Å². The molecule has 2 aliphatic heterocycles. The van der Waals surface area contributed by atoms with Crippen molar-refractivity contribution in [1.82, 2.24) is 4.31 Å². The highest BCUT2D eigenvalue weighted by atomic mass is 32.2. The first kappa shape index (κ1) is 24.0. The maximum absolute atomic E-state index is 12.6. The molecule has 7 nitrogen and oxygen atoms in total. The number of benzene rings is 1. The Labute approximate surface area is 187 Å². The van der Waals surface area contributed by atoms with Crippen molar-refractivity contribution in [2.75, 3.05) is 36.4 Å². The number of rotatable bonds is 5. The maximum atomic E-state index is 12.6. The number of amides is 1. The molecule has 2 unspecified atom stereocenters. The fourth-order valence-corrected chi connectivity index (χ4v) is 5.83. The van der Waals surface area contributed by atoms with E-state index in [-0.39, 0.29) is 24.0 Å². The number of piperidine rings is 1. The first-order valence-electron chi connectivity index (χ1n) is 11.3. The summed E-state index contributed by atoms with van der Waals surface area (Å²) in [4.78, 5) is 14.8.